The first kappa shape index (κ1) is 35.0. The Bertz CT molecular complexity index is 1860. The maximum atomic E-state index is 14.3. The van der Waals surface area contributed by atoms with E-state index in [1.807, 2.05) is 43.3 Å². The van der Waals surface area contributed by atoms with E-state index in [0.29, 0.717) is 70.1 Å². The van der Waals surface area contributed by atoms with Crippen molar-refractivity contribution >= 4 is 50.7 Å². The molecule has 0 saturated heterocycles. The van der Waals surface area contributed by atoms with Crippen LogP contribution >= 0.6 is 27.5 Å². The molecule has 0 fully saturated rings. The summed E-state index contributed by atoms with van der Waals surface area (Å²) in [7, 11) is 1.53. The number of carbonyl (C=O) groups excluding carboxylic acids is 3. The van der Waals surface area contributed by atoms with Gasteiger partial charge >= 0.3 is 0 Å². The Labute approximate surface area is 301 Å². The third-order valence-corrected chi connectivity index (χ3v) is 10.6. The second-order valence-electron chi connectivity index (χ2n) is 14.9. The van der Waals surface area contributed by atoms with E-state index in [1.165, 1.54) is 7.11 Å². The summed E-state index contributed by atoms with van der Waals surface area (Å²) >= 11 is 9.90. The van der Waals surface area contributed by atoms with Crippen molar-refractivity contribution in [2.75, 3.05) is 19.0 Å². The zero-order valence-electron chi connectivity index (χ0n) is 28.8. The lowest BCUT2D eigenvalue weighted by molar-refractivity contribution is -0.120. The number of hydrogen-bond acceptors (Lipinski definition) is 6. The van der Waals surface area contributed by atoms with E-state index in [-0.39, 0.29) is 34.9 Å². The normalized spacial score (nSPS) is 18.7. The molecule has 1 heterocycles. The van der Waals surface area contributed by atoms with Crippen LogP contribution in [0.4, 0.5) is 5.69 Å². The number of ketones is 2. The minimum atomic E-state index is -0.557. The van der Waals surface area contributed by atoms with E-state index in [2.05, 4.69) is 66.0 Å². The molecular formula is C40H42BrClN2O5. The third kappa shape index (κ3) is 7.22. The molecule has 0 bridgehead atoms. The van der Waals surface area contributed by atoms with Gasteiger partial charge in [-0.25, -0.2) is 0 Å². The van der Waals surface area contributed by atoms with E-state index in [4.69, 9.17) is 21.1 Å². The highest BCUT2D eigenvalue weighted by Crippen LogP contribution is 2.55. The number of methoxy groups -OCH3 is 1. The van der Waals surface area contributed by atoms with E-state index in [9.17, 15) is 14.4 Å². The summed E-state index contributed by atoms with van der Waals surface area (Å²) < 4.78 is 12.4. The highest BCUT2D eigenvalue weighted by atomic mass is 79.9. The molecule has 3 aromatic carbocycles. The Morgan fingerprint density at radius 2 is 1.53 bits per heavy atom. The van der Waals surface area contributed by atoms with Crippen molar-refractivity contribution in [3.8, 4) is 11.5 Å². The minimum absolute atomic E-state index is 0.0572. The van der Waals surface area contributed by atoms with Gasteiger partial charge in [-0.1, -0.05) is 75.7 Å². The number of amides is 1. The monoisotopic (exact) mass is 744 g/mol. The largest absolute Gasteiger partial charge is 0.493 e. The summed E-state index contributed by atoms with van der Waals surface area (Å²) in [6.45, 7) is 10.7. The maximum absolute atomic E-state index is 14.3. The fraction of sp³-hybridized carbons (Fsp3) is 0.375. The smallest absolute Gasteiger partial charge is 0.262 e. The lowest BCUT2D eigenvalue weighted by Gasteiger charge is -2.49. The molecule has 9 heteroatoms. The van der Waals surface area contributed by atoms with Gasteiger partial charge in [-0.3, -0.25) is 14.4 Å². The topological polar surface area (TPSA) is 84.9 Å². The SMILES string of the molecule is COc1cc(C2C3=C(CC(C)(C)CC3=O)N(Cc3ccccc3)C3=C2C(=O)CC(C)(C)C3)cc(Br)c1OCC(=O)Nc1ccc(C)c(Cl)c1. The molecule has 0 aromatic heterocycles. The average Bonchev–Trinajstić information content (AvgIpc) is 3.02. The summed E-state index contributed by atoms with van der Waals surface area (Å²) in [6.07, 6.45) is 2.21. The lowest BCUT2D eigenvalue weighted by atomic mass is 9.63. The summed E-state index contributed by atoms with van der Waals surface area (Å²) in [5.74, 6) is -0.0694. The van der Waals surface area contributed by atoms with Gasteiger partial charge in [0.05, 0.1) is 11.6 Å². The molecule has 0 unspecified atom stereocenters. The summed E-state index contributed by atoms with van der Waals surface area (Å²) in [5.41, 5.74) is 6.23. The van der Waals surface area contributed by atoms with Crippen LogP contribution in [0.3, 0.4) is 0 Å². The number of hydrogen-bond donors (Lipinski definition) is 1. The Morgan fingerprint density at radius 1 is 0.918 bits per heavy atom. The maximum Gasteiger partial charge on any atom is 0.262 e. The van der Waals surface area contributed by atoms with Crippen molar-refractivity contribution < 1.29 is 23.9 Å². The number of ether oxygens (including phenoxy) is 2. The molecule has 3 aromatic rings. The van der Waals surface area contributed by atoms with Crippen molar-refractivity contribution in [2.45, 2.75) is 72.8 Å². The number of rotatable bonds is 8. The molecule has 0 saturated carbocycles. The van der Waals surface area contributed by atoms with E-state index >= 15 is 0 Å². The number of nitrogens with one attached hydrogen (secondary N) is 1. The zero-order chi connectivity index (χ0) is 35.2. The first-order valence-corrected chi connectivity index (χ1v) is 17.7. The van der Waals surface area contributed by atoms with Crippen molar-refractivity contribution in [2.24, 2.45) is 10.8 Å². The van der Waals surface area contributed by atoms with Crippen molar-refractivity contribution in [3.63, 3.8) is 0 Å². The number of Topliss-reactive ketones (excluding diaryl/α,β-unsaturated/α-hetero) is 2. The number of benzene rings is 3. The molecular weight excluding hydrogens is 704 g/mol. The second-order valence-corrected chi connectivity index (χ2v) is 16.2. The predicted molar refractivity (Wildman–Crippen MR) is 196 cm³/mol. The van der Waals surface area contributed by atoms with Crippen LogP contribution in [0.25, 0.3) is 0 Å². The molecule has 2 aliphatic carbocycles. The van der Waals surface area contributed by atoms with Gasteiger partial charge in [0.2, 0.25) is 0 Å². The van der Waals surface area contributed by atoms with Crippen LogP contribution in [-0.2, 0) is 20.9 Å². The first-order valence-electron chi connectivity index (χ1n) is 16.6. The number of anilines is 1. The van der Waals surface area contributed by atoms with Gasteiger partial charge in [0.1, 0.15) is 0 Å². The molecule has 49 heavy (non-hydrogen) atoms. The van der Waals surface area contributed by atoms with Crippen molar-refractivity contribution in [3.05, 3.63) is 109 Å². The van der Waals surface area contributed by atoms with Gasteiger partial charge in [-0.05, 0) is 87.5 Å². The molecule has 0 spiro atoms. The molecule has 1 amide bonds. The molecule has 0 radical (unpaired) electrons. The summed E-state index contributed by atoms with van der Waals surface area (Å²) in [4.78, 5) is 43.6. The third-order valence-electron chi connectivity index (χ3n) is 9.59. The Kier molecular flexibility index (Phi) is 9.59. The Balaban J connectivity index is 1.41. The van der Waals surface area contributed by atoms with Crippen LogP contribution in [0.2, 0.25) is 5.02 Å². The van der Waals surface area contributed by atoms with Gasteiger partial charge < -0.3 is 19.7 Å². The standard InChI is InChI=1S/C40H42BrClN2O5/c1-23-12-13-26(16-28(23)42)43-34(47)22-49-38-27(41)14-25(15-33(38)48-6)35-36-29(17-39(2,3)19-31(36)45)44(21-24-10-8-7-9-11-24)30-18-40(4,5)20-32(46)37(30)35/h7-16,35H,17-22H2,1-6H3,(H,43,47). The van der Waals surface area contributed by atoms with Crippen molar-refractivity contribution in [1.29, 1.82) is 0 Å². The highest BCUT2D eigenvalue weighted by molar-refractivity contribution is 9.10. The first-order chi connectivity index (χ1) is 23.2. The molecule has 6 rings (SSSR count). The van der Waals surface area contributed by atoms with Gasteiger partial charge in [0, 0.05) is 58.6 Å². The van der Waals surface area contributed by atoms with Gasteiger partial charge in [-0.2, -0.15) is 0 Å². The summed E-state index contributed by atoms with van der Waals surface area (Å²) in [5, 5.41) is 3.37. The number of allylic oxidation sites excluding steroid dienone is 4. The number of nitrogens with zero attached hydrogens (tertiary/aromatic N) is 1. The molecule has 0 atom stereocenters. The van der Waals surface area contributed by atoms with Crippen LogP contribution in [0.15, 0.2) is 87.7 Å². The Hall–Kier alpha value is -3.88. The number of aryl methyl sites for hydroxylation is 1. The molecule has 3 aliphatic rings. The number of carbonyl (C=O) groups is 3. The minimum Gasteiger partial charge on any atom is -0.493 e. The average molecular weight is 746 g/mol. The van der Waals surface area contributed by atoms with Crippen LogP contribution in [0.5, 0.6) is 11.5 Å². The van der Waals surface area contributed by atoms with Gasteiger partial charge in [0.15, 0.2) is 29.7 Å². The van der Waals surface area contributed by atoms with Crippen LogP contribution in [0, 0.1) is 17.8 Å². The molecule has 1 aliphatic heterocycles. The van der Waals surface area contributed by atoms with Crippen molar-refractivity contribution in [1.82, 2.24) is 4.90 Å². The van der Waals surface area contributed by atoms with Crippen LogP contribution < -0.4 is 14.8 Å². The quantitative estimate of drug-likeness (QED) is 0.248. The Morgan fingerprint density at radius 3 is 2.10 bits per heavy atom. The highest BCUT2D eigenvalue weighted by Gasteiger charge is 2.49. The van der Waals surface area contributed by atoms with Gasteiger partial charge in [-0.15, -0.1) is 0 Å². The predicted octanol–water partition coefficient (Wildman–Crippen LogP) is 9.32. The second kappa shape index (κ2) is 13.4. The van der Waals surface area contributed by atoms with Crippen LogP contribution in [-0.4, -0.2) is 36.1 Å². The summed E-state index contributed by atoms with van der Waals surface area (Å²) in [6, 6.07) is 19.3. The fourth-order valence-corrected chi connectivity index (χ4v) is 8.14. The van der Waals surface area contributed by atoms with Gasteiger partial charge in [0.25, 0.3) is 5.91 Å². The van der Waals surface area contributed by atoms with E-state index in [0.717, 1.165) is 28.1 Å². The molecule has 1 N–H and O–H groups in total. The van der Waals surface area contributed by atoms with Crippen LogP contribution in [0.1, 0.15) is 76.0 Å². The van der Waals surface area contributed by atoms with E-state index < -0.39 is 5.92 Å². The number of halogens is 2. The molecule has 7 nitrogen and oxygen atoms in total. The van der Waals surface area contributed by atoms with E-state index in [1.54, 1.807) is 12.1 Å². The molecule has 256 valence electrons. The fourth-order valence-electron chi connectivity index (χ4n) is 7.39. The zero-order valence-corrected chi connectivity index (χ0v) is 31.2. The lowest BCUT2D eigenvalue weighted by Crippen LogP contribution is -2.44.